The number of carbonyl (C=O) groups is 1. The van der Waals surface area contributed by atoms with Gasteiger partial charge in [0.1, 0.15) is 5.75 Å². The van der Waals surface area contributed by atoms with Crippen molar-refractivity contribution in [2.45, 2.75) is 45.1 Å². The zero-order valence-corrected chi connectivity index (χ0v) is 19.6. The summed E-state index contributed by atoms with van der Waals surface area (Å²) in [6.07, 6.45) is -3.76. The molecule has 2 aromatic carbocycles. The fourth-order valence-corrected chi connectivity index (χ4v) is 3.41. The van der Waals surface area contributed by atoms with Crippen LogP contribution < -0.4 is 15.5 Å². The van der Waals surface area contributed by atoms with Crippen LogP contribution in [0, 0.1) is 0 Å². The summed E-state index contributed by atoms with van der Waals surface area (Å²) in [5, 5.41) is 2.83. The van der Waals surface area contributed by atoms with Gasteiger partial charge >= 0.3 is 13.3 Å². The molecule has 1 saturated heterocycles. The van der Waals surface area contributed by atoms with Crippen LogP contribution in [0.25, 0.3) is 0 Å². The van der Waals surface area contributed by atoms with Crippen LogP contribution in [0.3, 0.4) is 0 Å². The number of nitrogens with one attached hydrogen (secondary N) is 1. The Morgan fingerprint density at radius 2 is 1.57 bits per heavy atom. The van der Waals surface area contributed by atoms with E-state index >= 15 is 0 Å². The number of benzene rings is 2. The summed E-state index contributed by atoms with van der Waals surface area (Å²) < 4.78 is 55.7. The number of hydrogen-bond donors (Lipinski definition) is 1. The first-order valence-corrected chi connectivity index (χ1v) is 10.9. The van der Waals surface area contributed by atoms with E-state index in [9.17, 15) is 18.0 Å². The molecule has 2 heterocycles. The van der Waals surface area contributed by atoms with Crippen molar-refractivity contribution in [2.24, 2.45) is 0 Å². The summed E-state index contributed by atoms with van der Waals surface area (Å²) in [6.45, 7) is 7.78. The molecule has 0 radical (unpaired) electrons. The van der Waals surface area contributed by atoms with Crippen LogP contribution in [0.4, 0.5) is 18.9 Å². The molecule has 1 aromatic heterocycles. The highest BCUT2D eigenvalue weighted by molar-refractivity contribution is 6.63. The van der Waals surface area contributed by atoms with Crippen molar-refractivity contribution >= 4 is 24.2 Å². The standard InChI is InChI=1S/C25H24BF3N2O4/c1-23(2)24(3,4)35-26(34-23)20-8-6-5-7-19(20)22(32)31-17-10-12-18(13-11-17)33-21-14-9-16(15-30-21)25(27,28)29/h5-15H,1-4H3,(H,31,32). The van der Waals surface area contributed by atoms with E-state index in [0.29, 0.717) is 28.7 Å². The Morgan fingerprint density at radius 3 is 2.14 bits per heavy atom. The quantitative estimate of drug-likeness (QED) is 0.489. The first-order chi connectivity index (χ1) is 16.4. The molecule has 1 N–H and O–H groups in total. The second-order valence-corrected chi connectivity index (χ2v) is 9.14. The van der Waals surface area contributed by atoms with Gasteiger partial charge in [-0.2, -0.15) is 13.2 Å². The molecule has 0 atom stereocenters. The van der Waals surface area contributed by atoms with Gasteiger partial charge < -0.3 is 19.4 Å². The number of amides is 1. The number of halogens is 3. The van der Waals surface area contributed by atoms with E-state index in [2.05, 4.69) is 10.3 Å². The minimum Gasteiger partial charge on any atom is -0.439 e. The Labute approximate surface area is 201 Å². The molecule has 4 rings (SSSR count). The summed E-state index contributed by atoms with van der Waals surface area (Å²) in [5.41, 5.74) is -0.398. The summed E-state index contributed by atoms with van der Waals surface area (Å²) in [7, 11) is -0.686. The lowest BCUT2D eigenvalue weighted by molar-refractivity contribution is -0.137. The van der Waals surface area contributed by atoms with Crippen LogP contribution in [0.2, 0.25) is 0 Å². The SMILES string of the molecule is CC1(C)OB(c2ccccc2C(=O)Nc2ccc(Oc3ccc(C(F)(F)F)cn3)cc2)OC1(C)C. The van der Waals surface area contributed by atoms with Crippen LogP contribution in [-0.4, -0.2) is 29.2 Å². The van der Waals surface area contributed by atoms with Gasteiger partial charge in [-0.05, 0) is 69.6 Å². The van der Waals surface area contributed by atoms with E-state index < -0.39 is 30.1 Å². The maximum absolute atomic E-state index is 13.0. The van der Waals surface area contributed by atoms with Crippen molar-refractivity contribution in [3.63, 3.8) is 0 Å². The predicted molar refractivity (Wildman–Crippen MR) is 126 cm³/mol. The smallest absolute Gasteiger partial charge is 0.439 e. The van der Waals surface area contributed by atoms with Gasteiger partial charge in [-0.15, -0.1) is 0 Å². The Kier molecular flexibility index (Phi) is 6.37. The van der Waals surface area contributed by atoms with E-state index in [1.807, 2.05) is 33.8 Å². The fraction of sp³-hybridized carbons (Fsp3) is 0.280. The molecule has 0 spiro atoms. The van der Waals surface area contributed by atoms with Gasteiger partial charge in [0, 0.05) is 23.5 Å². The largest absolute Gasteiger partial charge is 0.495 e. The molecule has 35 heavy (non-hydrogen) atoms. The molecule has 1 amide bonds. The number of anilines is 1. The molecule has 0 unspecified atom stereocenters. The van der Waals surface area contributed by atoms with E-state index in [1.54, 1.807) is 42.5 Å². The number of ether oxygens (including phenoxy) is 1. The van der Waals surface area contributed by atoms with Gasteiger partial charge in [0.2, 0.25) is 5.88 Å². The first-order valence-electron chi connectivity index (χ1n) is 10.9. The Balaban J connectivity index is 1.44. The summed E-state index contributed by atoms with van der Waals surface area (Å²) in [6, 6.07) is 15.5. The average Bonchev–Trinajstić information content (AvgIpc) is 3.01. The number of nitrogens with zero attached hydrogens (tertiary/aromatic N) is 1. The topological polar surface area (TPSA) is 69.7 Å². The summed E-state index contributed by atoms with van der Waals surface area (Å²) in [4.78, 5) is 16.7. The van der Waals surface area contributed by atoms with E-state index in [4.69, 9.17) is 14.0 Å². The highest BCUT2D eigenvalue weighted by Gasteiger charge is 2.52. The maximum Gasteiger partial charge on any atom is 0.495 e. The molecule has 1 aliphatic heterocycles. The first kappa shape index (κ1) is 24.7. The molecule has 1 aliphatic rings. The highest BCUT2D eigenvalue weighted by Crippen LogP contribution is 2.36. The number of pyridine rings is 1. The van der Waals surface area contributed by atoms with E-state index in [0.717, 1.165) is 12.1 Å². The molecular formula is C25H24BF3N2O4. The lowest BCUT2D eigenvalue weighted by Crippen LogP contribution is -2.41. The minimum absolute atomic E-state index is 0.0196. The van der Waals surface area contributed by atoms with Gasteiger partial charge in [0.05, 0.1) is 16.8 Å². The van der Waals surface area contributed by atoms with Crippen molar-refractivity contribution < 1.29 is 32.0 Å². The number of aromatic nitrogens is 1. The molecule has 10 heteroatoms. The van der Waals surface area contributed by atoms with E-state index in [1.165, 1.54) is 0 Å². The second kappa shape index (κ2) is 9.01. The van der Waals surface area contributed by atoms with E-state index in [-0.39, 0.29) is 11.8 Å². The fourth-order valence-electron chi connectivity index (χ4n) is 3.41. The van der Waals surface area contributed by atoms with Crippen LogP contribution in [0.1, 0.15) is 43.6 Å². The monoisotopic (exact) mass is 484 g/mol. The zero-order chi connectivity index (χ0) is 25.4. The molecule has 0 bridgehead atoms. The lowest BCUT2D eigenvalue weighted by Gasteiger charge is -2.32. The number of rotatable bonds is 5. The summed E-state index contributed by atoms with van der Waals surface area (Å²) >= 11 is 0. The third-order valence-electron chi connectivity index (χ3n) is 6.11. The van der Waals surface area contributed by atoms with Gasteiger partial charge in [-0.1, -0.05) is 18.2 Å². The highest BCUT2D eigenvalue weighted by atomic mass is 19.4. The zero-order valence-electron chi connectivity index (χ0n) is 19.6. The maximum atomic E-state index is 13.0. The molecule has 3 aromatic rings. The number of carbonyl (C=O) groups excluding carboxylic acids is 1. The van der Waals surface area contributed by atoms with Crippen LogP contribution in [-0.2, 0) is 15.5 Å². The van der Waals surface area contributed by atoms with Gasteiger partial charge in [0.15, 0.2) is 0 Å². The molecule has 6 nitrogen and oxygen atoms in total. The molecule has 0 saturated carbocycles. The van der Waals surface area contributed by atoms with Gasteiger partial charge in [-0.25, -0.2) is 4.98 Å². The Bertz CT molecular complexity index is 1200. The molecule has 1 fully saturated rings. The second-order valence-electron chi connectivity index (χ2n) is 9.14. The molecular weight excluding hydrogens is 460 g/mol. The van der Waals surface area contributed by atoms with Crippen LogP contribution >= 0.6 is 0 Å². The third kappa shape index (κ3) is 5.33. The number of hydrogen-bond acceptors (Lipinski definition) is 5. The van der Waals surface area contributed by atoms with Crippen molar-refractivity contribution in [2.75, 3.05) is 5.32 Å². The van der Waals surface area contributed by atoms with Crippen LogP contribution in [0.5, 0.6) is 11.6 Å². The van der Waals surface area contributed by atoms with Gasteiger partial charge in [-0.3, -0.25) is 4.79 Å². The third-order valence-corrected chi connectivity index (χ3v) is 6.11. The Hall–Kier alpha value is -3.37. The van der Waals surface area contributed by atoms with Crippen molar-refractivity contribution in [1.29, 1.82) is 0 Å². The van der Waals surface area contributed by atoms with Crippen molar-refractivity contribution in [3.8, 4) is 11.6 Å². The Morgan fingerprint density at radius 1 is 0.943 bits per heavy atom. The van der Waals surface area contributed by atoms with Crippen molar-refractivity contribution in [1.82, 2.24) is 4.98 Å². The average molecular weight is 484 g/mol. The summed E-state index contributed by atoms with van der Waals surface area (Å²) in [5.74, 6) is 0.0346. The van der Waals surface area contributed by atoms with Gasteiger partial charge in [0.25, 0.3) is 5.91 Å². The normalized spacial score (nSPS) is 16.7. The van der Waals surface area contributed by atoms with Crippen LogP contribution in [0.15, 0.2) is 66.9 Å². The minimum atomic E-state index is -4.47. The lowest BCUT2D eigenvalue weighted by atomic mass is 9.75. The molecule has 0 aliphatic carbocycles. The van der Waals surface area contributed by atoms with Crippen molar-refractivity contribution in [3.05, 3.63) is 78.0 Å². The number of alkyl halides is 3. The molecule has 182 valence electrons. The predicted octanol–water partition coefficient (Wildman–Crippen LogP) is 5.44.